The van der Waals surface area contributed by atoms with Crippen LogP contribution in [0.5, 0.6) is 0 Å². The van der Waals surface area contributed by atoms with Gasteiger partial charge in [-0.05, 0) is 48.7 Å². The van der Waals surface area contributed by atoms with Crippen molar-refractivity contribution < 1.29 is 0 Å². The van der Waals surface area contributed by atoms with Crippen molar-refractivity contribution in [2.24, 2.45) is 0 Å². The van der Waals surface area contributed by atoms with Gasteiger partial charge in [-0.25, -0.2) is 0 Å². The van der Waals surface area contributed by atoms with Crippen LogP contribution in [0.1, 0.15) is 18.4 Å². The highest BCUT2D eigenvalue weighted by molar-refractivity contribution is 9.09. The Hall–Kier alpha value is -1.43. The number of halogens is 1. The lowest BCUT2D eigenvalue weighted by Crippen LogP contribution is -2.20. The molecule has 0 heterocycles. The normalized spacial score (nSPS) is 10.9. The van der Waals surface area contributed by atoms with E-state index < -0.39 is 7.92 Å². The smallest absolute Gasteiger partial charge is 0.00314 e. The molecule has 2 heteroatoms. The highest BCUT2D eigenvalue weighted by atomic mass is 79.9. The molecule has 3 aromatic carbocycles. The summed E-state index contributed by atoms with van der Waals surface area (Å²) in [4.78, 5) is 0. The van der Waals surface area contributed by atoms with Crippen molar-refractivity contribution in [2.75, 3.05) is 5.33 Å². The van der Waals surface area contributed by atoms with Gasteiger partial charge in [-0.2, -0.15) is 0 Å². The van der Waals surface area contributed by atoms with E-state index in [0.717, 1.165) is 5.33 Å². The van der Waals surface area contributed by atoms with Crippen LogP contribution in [0.25, 0.3) is 0 Å². The summed E-state index contributed by atoms with van der Waals surface area (Å²) in [5, 5.41) is 5.33. The van der Waals surface area contributed by atoms with Crippen molar-refractivity contribution in [3.8, 4) is 0 Å². The molecule has 0 saturated carbocycles. The number of alkyl halides is 1. The van der Waals surface area contributed by atoms with Crippen molar-refractivity contribution in [2.45, 2.75) is 19.3 Å². The fourth-order valence-corrected chi connectivity index (χ4v) is 5.52. The van der Waals surface area contributed by atoms with E-state index in [1.807, 2.05) is 0 Å². The molecule has 0 spiro atoms. The maximum Gasteiger partial charge on any atom is 0.00314 e. The second-order valence-electron chi connectivity index (χ2n) is 5.82. The molecule has 3 rings (SSSR count). The van der Waals surface area contributed by atoms with Gasteiger partial charge in [-0.1, -0.05) is 101 Å². The van der Waals surface area contributed by atoms with E-state index in [2.05, 4.69) is 101 Å². The summed E-state index contributed by atoms with van der Waals surface area (Å²) in [6, 6.07) is 31.0. The zero-order chi connectivity index (χ0) is 16.6. The Kier molecular flexibility index (Phi) is 6.64. The van der Waals surface area contributed by atoms with Gasteiger partial charge in [0.1, 0.15) is 0 Å². The van der Waals surface area contributed by atoms with Gasteiger partial charge in [0.2, 0.25) is 0 Å². The van der Waals surface area contributed by atoms with Crippen LogP contribution < -0.4 is 15.9 Å². The highest BCUT2D eigenvalue weighted by Gasteiger charge is 2.15. The first kappa shape index (κ1) is 17.4. The fourth-order valence-electron chi connectivity index (χ4n) is 2.84. The second kappa shape index (κ2) is 9.16. The van der Waals surface area contributed by atoms with Crippen molar-refractivity contribution in [1.29, 1.82) is 0 Å². The quantitative estimate of drug-likeness (QED) is 0.293. The van der Waals surface area contributed by atoms with E-state index in [-0.39, 0.29) is 0 Å². The summed E-state index contributed by atoms with van der Waals surface area (Å²) in [6.07, 6.45) is 3.65. The molecule has 0 aliphatic carbocycles. The molecule has 0 fully saturated rings. The fraction of sp³-hybridized carbons (Fsp3) is 0.182. The number of aryl methyl sites for hydroxylation is 1. The van der Waals surface area contributed by atoms with Crippen molar-refractivity contribution in [3.05, 3.63) is 90.5 Å². The van der Waals surface area contributed by atoms with E-state index in [1.165, 1.54) is 40.7 Å². The van der Waals surface area contributed by atoms with Crippen LogP contribution in [0.4, 0.5) is 0 Å². The van der Waals surface area contributed by atoms with E-state index in [0.29, 0.717) is 0 Å². The van der Waals surface area contributed by atoms with Crippen LogP contribution in [-0.4, -0.2) is 5.33 Å². The number of hydrogen-bond donors (Lipinski definition) is 0. The second-order valence-corrected chi connectivity index (χ2v) is 8.83. The number of rotatable bonds is 7. The molecule has 0 amide bonds. The summed E-state index contributed by atoms with van der Waals surface area (Å²) in [7, 11) is -0.482. The molecular weight excluding hydrogens is 375 g/mol. The van der Waals surface area contributed by atoms with Crippen LogP contribution >= 0.6 is 23.9 Å². The Morgan fingerprint density at radius 3 is 1.58 bits per heavy atom. The van der Waals surface area contributed by atoms with Crippen LogP contribution in [0, 0.1) is 0 Å². The minimum Gasteiger partial charge on any atom is -0.0928 e. The molecule has 0 nitrogen and oxygen atoms in total. The molecular formula is C22H22BrP. The van der Waals surface area contributed by atoms with E-state index in [4.69, 9.17) is 0 Å². The van der Waals surface area contributed by atoms with Crippen molar-refractivity contribution in [1.82, 2.24) is 0 Å². The number of benzene rings is 3. The van der Waals surface area contributed by atoms with Crippen LogP contribution in [0.2, 0.25) is 0 Å². The first-order valence-corrected chi connectivity index (χ1v) is 10.9. The first-order chi connectivity index (χ1) is 11.9. The van der Waals surface area contributed by atoms with Crippen molar-refractivity contribution in [3.63, 3.8) is 0 Å². The molecule has 0 aromatic heterocycles. The van der Waals surface area contributed by atoms with Gasteiger partial charge in [-0.3, -0.25) is 0 Å². The lowest BCUT2D eigenvalue weighted by molar-refractivity contribution is 0.806. The van der Waals surface area contributed by atoms with E-state index >= 15 is 0 Å². The largest absolute Gasteiger partial charge is 0.0928 e. The van der Waals surface area contributed by atoms with E-state index in [1.54, 1.807) is 0 Å². The third-order valence-electron chi connectivity index (χ3n) is 4.07. The first-order valence-electron chi connectivity index (χ1n) is 8.43. The minimum atomic E-state index is -0.482. The van der Waals surface area contributed by atoms with Gasteiger partial charge in [0.15, 0.2) is 0 Å². The number of unbranched alkanes of at least 4 members (excludes halogenated alkanes) is 1. The summed E-state index contributed by atoms with van der Waals surface area (Å²) >= 11 is 3.51. The van der Waals surface area contributed by atoms with Gasteiger partial charge < -0.3 is 0 Å². The molecule has 0 saturated heterocycles. The molecule has 122 valence electrons. The Morgan fingerprint density at radius 1 is 0.583 bits per heavy atom. The summed E-state index contributed by atoms with van der Waals surface area (Å²) < 4.78 is 0. The minimum absolute atomic E-state index is 0.482. The lowest BCUT2D eigenvalue weighted by atomic mass is 10.1. The zero-order valence-electron chi connectivity index (χ0n) is 13.7. The molecule has 0 aliphatic rings. The Bertz CT molecular complexity index is 683. The third-order valence-corrected chi connectivity index (χ3v) is 7.08. The predicted molar refractivity (Wildman–Crippen MR) is 112 cm³/mol. The third kappa shape index (κ3) is 4.56. The summed E-state index contributed by atoms with van der Waals surface area (Å²) in [6.45, 7) is 0. The van der Waals surface area contributed by atoms with Gasteiger partial charge in [0, 0.05) is 5.33 Å². The molecule has 24 heavy (non-hydrogen) atoms. The van der Waals surface area contributed by atoms with Crippen LogP contribution in [0.15, 0.2) is 84.9 Å². The van der Waals surface area contributed by atoms with Crippen LogP contribution in [0.3, 0.4) is 0 Å². The number of hydrogen-bond acceptors (Lipinski definition) is 0. The summed E-state index contributed by atoms with van der Waals surface area (Å²) in [5.41, 5.74) is 1.44. The highest BCUT2D eigenvalue weighted by Crippen LogP contribution is 2.32. The monoisotopic (exact) mass is 396 g/mol. The standard InChI is InChI=1S/C22H22BrP/c23-18-8-7-9-19-14-16-22(17-15-19)24(20-10-3-1-4-11-20)21-12-5-2-6-13-21/h1-6,10-17H,7-9,18H2. The Balaban J connectivity index is 1.89. The molecule has 0 unspecified atom stereocenters. The molecule has 0 bridgehead atoms. The van der Waals surface area contributed by atoms with Crippen molar-refractivity contribution >= 4 is 39.8 Å². The average Bonchev–Trinajstić information content (AvgIpc) is 2.65. The Morgan fingerprint density at radius 2 is 1.08 bits per heavy atom. The summed E-state index contributed by atoms with van der Waals surface area (Å²) in [5.74, 6) is 0. The molecule has 3 aromatic rings. The molecule has 0 aliphatic heterocycles. The molecule has 0 radical (unpaired) electrons. The molecule has 0 atom stereocenters. The average molecular weight is 397 g/mol. The van der Waals surface area contributed by atoms with Gasteiger partial charge in [-0.15, -0.1) is 0 Å². The predicted octanol–water partition coefficient (Wildman–Crippen LogP) is 5.16. The SMILES string of the molecule is BrCCCCc1ccc(P(c2ccccc2)c2ccccc2)cc1. The van der Waals surface area contributed by atoms with Gasteiger partial charge >= 0.3 is 0 Å². The maximum absolute atomic E-state index is 3.51. The van der Waals surface area contributed by atoms with Gasteiger partial charge in [0.25, 0.3) is 0 Å². The molecule has 0 N–H and O–H groups in total. The Labute approximate surface area is 154 Å². The van der Waals surface area contributed by atoms with E-state index in [9.17, 15) is 0 Å². The lowest BCUT2D eigenvalue weighted by Gasteiger charge is -2.19. The topological polar surface area (TPSA) is 0 Å². The van der Waals surface area contributed by atoms with Crippen LogP contribution in [-0.2, 0) is 6.42 Å². The van der Waals surface area contributed by atoms with Gasteiger partial charge in [0.05, 0.1) is 0 Å². The maximum atomic E-state index is 3.51. The zero-order valence-corrected chi connectivity index (χ0v) is 16.2.